The monoisotopic (exact) mass is 384 g/mol. The Hall–Kier alpha value is -2.67. The van der Waals surface area contributed by atoms with Crippen molar-refractivity contribution in [3.63, 3.8) is 0 Å². The molecule has 0 bridgehead atoms. The Kier molecular flexibility index (Phi) is 9.21. The lowest BCUT2D eigenvalue weighted by molar-refractivity contribution is 0.305. The standard InChI is InChI=1S/C21H32N6O/c1-5-11-27(12-6-2)20-15-21(28-13-10-22-4)25-19(24-20)16-23-26-18-9-7-8-17(3)14-18/h7-9,14-16,22,26H,5-6,10-13H2,1-4H3/b23-16+. The Bertz CT molecular complexity index is 743. The lowest BCUT2D eigenvalue weighted by Gasteiger charge is -2.23. The van der Waals surface area contributed by atoms with Gasteiger partial charge in [-0.2, -0.15) is 10.1 Å². The first kappa shape index (κ1) is 21.6. The number of nitrogens with zero attached hydrogens (tertiary/aromatic N) is 4. The fourth-order valence-electron chi connectivity index (χ4n) is 2.74. The maximum absolute atomic E-state index is 5.79. The van der Waals surface area contributed by atoms with E-state index in [1.807, 2.05) is 44.3 Å². The van der Waals surface area contributed by atoms with E-state index in [1.165, 1.54) is 5.56 Å². The van der Waals surface area contributed by atoms with Crippen LogP contribution in [0.4, 0.5) is 11.5 Å². The number of benzene rings is 1. The highest BCUT2D eigenvalue weighted by atomic mass is 16.5. The van der Waals surface area contributed by atoms with E-state index < -0.39 is 0 Å². The zero-order chi connectivity index (χ0) is 20.2. The minimum atomic E-state index is 0.523. The van der Waals surface area contributed by atoms with Crippen LogP contribution in [0.1, 0.15) is 38.1 Å². The number of aromatic nitrogens is 2. The largest absolute Gasteiger partial charge is 0.476 e. The van der Waals surface area contributed by atoms with E-state index in [9.17, 15) is 0 Å². The third-order valence-corrected chi connectivity index (χ3v) is 4.01. The van der Waals surface area contributed by atoms with Gasteiger partial charge in [0.2, 0.25) is 5.88 Å². The number of anilines is 2. The van der Waals surface area contributed by atoms with Crippen molar-refractivity contribution in [3.8, 4) is 5.88 Å². The number of hydrogen-bond acceptors (Lipinski definition) is 7. The zero-order valence-corrected chi connectivity index (χ0v) is 17.4. The molecule has 0 aliphatic carbocycles. The molecular weight excluding hydrogens is 352 g/mol. The fourth-order valence-corrected chi connectivity index (χ4v) is 2.74. The van der Waals surface area contributed by atoms with E-state index in [0.29, 0.717) is 18.3 Å². The predicted octanol–water partition coefficient (Wildman–Crippen LogP) is 3.46. The van der Waals surface area contributed by atoms with Crippen molar-refractivity contribution in [3.05, 3.63) is 41.7 Å². The molecule has 28 heavy (non-hydrogen) atoms. The second-order valence-corrected chi connectivity index (χ2v) is 6.60. The van der Waals surface area contributed by atoms with Crippen LogP contribution in [0.2, 0.25) is 0 Å². The number of aryl methyl sites for hydroxylation is 1. The molecule has 2 rings (SSSR count). The first-order chi connectivity index (χ1) is 13.7. The number of hydrogen-bond donors (Lipinski definition) is 2. The number of hydrazone groups is 1. The molecule has 0 saturated heterocycles. The van der Waals surface area contributed by atoms with Crippen molar-refractivity contribution < 1.29 is 4.74 Å². The Balaban J connectivity index is 2.20. The number of nitrogens with one attached hydrogen (secondary N) is 2. The average molecular weight is 385 g/mol. The van der Waals surface area contributed by atoms with Crippen LogP contribution in [-0.2, 0) is 0 Å². The van der Waals surface area contributed by atoms with Crippen LogP contribution in [0.3, 0.4) is 0 Å². The first-order valence-electron chi connectivity index (χ1n) is 9.93. The highest BCUT2D eigenvalue weighted by Gasteiger charge is 2.11. The molecule has 7 heteroatoms. The summed E-state index contributed by atoms with van der Waals surface area (Å²) in [4.78, 5) is 11.4. The summed E-state index contributed by atoms with van der Waals surface area (Å²) in [5.41, 5.74) is 5.13. The average Bonchev–Trinajstić information content (AvgIpc) is 2.68. The molecule has 0 unspecified atom stereocenters. The van der Waals surface area contributed by atoms with Gasteiger partial charge in [-0.1, -0.05) is 26.0 Å². The zero-order valence-electron chi connectivity index (χ0n) is 17.4. The molecule has 1 aromatic heterocycles. The molecule has 0 aliphatic heterocycles. The van der Waals surface area contributed by atoms with Gasteiger partial charge < -0.3 is 15.0 Å². The van der Waals surface area contributed by atoms with Crippen molar-refractivity contribution in [2.75, 3.05) is 43.6 Å². The van der Waals surface area contributed by atoms with Gasteiger partial charge in [-0.3, -0.25) is 5.43 Å². The topological polar surface area (TPSA) is 74.7 Å². The third kappa shape index (κ3) is 7.15. The Morgan fingerprint density at radius 2 is 1.93 bits per heavy atom. The number of likely N-dealkylation sites (N-methyl/N-ethyl adjacent to an activating group) is 1. The van der Waals surface area contributed by atoms with Crippen molar-refractivity contribution in [1.82, 2.24) is 15.3 Å². The van der Waals surface area contributed by atoms with Crippen LogP contribution in [0, 0.1) is 6.92 Å². The van der Waals surface area contributed by atoms with Crippen molar-refractivity contribution in [2.24, 2.45) is 5.10 Å². The maximum Gasteiger partial charge on any atom is 0.219 e. The summed E-state index contributed by atoms with van der Waals surface area (Å²) in [6, 6.07) is 9.95. The molecule has 0 saturated carbocycles. The maximum atomic E-state index is 5.79. The molecular formula is C21H32N6O. The fraction of sp³-hybridized carbons (Fsp3) is 0.476. The number of rotatable bonds is 12. The van der Waals surface area contributed by atoms with Gasteiger partial charge in [0.05, 0.1) is 11.9 Å². The van der Waals surface area contributed by atoms with Crippen LogP contribution in [0.5, 0.6) is 5.88 Å². The minimum absolute atomic E-state index is 0.523. The molecule has 7 nitrogen and oxygen atoms in total. The quantitative estimate of drug-likeness (QED) is 0.332. The smallest absolute Gasteiger partial charge is 0.219 e. The SMILES string of the molecule is CCCN(CCC)c1cc(OCCNC)nc(/C=N/Nc2cccc(C)c2)n1. The molecule has 0 atom stereocenters. The molecule has 0 radical (unpaired) electrons. The van der Waals surface area contributed by atoms with Crippen LogP contribution in [0.25, 0.3) is 0 Å². The first-order valence-corrected chi connectivity index (χ1v) is 9.93. The van der Waals surface area contributed by atoms with E-state index in [-0.39, 0.29) is 0 Å². The van der Waals surface area contributed by atoms with Gasteiger partial charge in [0.15, 0.2) is 5.82 Å². The van der Waals surface area contributed by atoms with Crippen molar-refractivity contribution in [2.45, 2.75) is 33.6 Å². The van der Waals surface area contributed by atoms with Gasteiger partial charge in [0.25, 0.3) is 0 Å². The van der Waals surface area contributed by atoms with E-state index in [1.54, 1.807) is 6.21 Å². The second-order valence-electron chi connectivity index (χ2n) is 6.60. The van der Waals surface area contributed by atoms with Gasteiger partial charge in [0.1, 0.15) is 12.4 Å². The highest BCUT2D eigenvalue weighted by Crippen LogP contribution is 2.18. The van der Waals surface area contributed by atoms with Crippen LogP contribution in [-0.4, -0.2) is 49.5 Å². The normalized spacial score (nSPS) is 11.0. The lowest BCUT2D eigenvalue weighted by atomic mass is 10.2. The second kappa shape index (κ2) is 11.9. The molecule has 0 amide bonds. The van der Waals surface area contributed by atoms with Crippen molar-refractivity contribution in [1.29, 1.82) is 0 Å². The van der Waals surface area contributed by atoms with Gasteiger partial charge in [-0.05, 0) is 44.5 Å². The summed E-state index contributed by atoms with van der Waals surface area (Å²) in [6.07, 6.45) is 3.74. The molecule has 0 spiro atoms. The molecule has 2 N–H and O–H groups in total. The van der Waals surface area contributed by atoms with Crippen LogP contribution in [0.15, 0.2) is 35.4 Å². The van der Waals surface area contributed by atoms with Gasteiger partial charge in [0, 0.05) is 25.7 Å². The van der Waals surface area contributed by atoms with Gasteiger partial charge in [-0.25, -0.2) is 4.98 Å². The molecule has 0 aliphatic rings. The van der Waals surface area contributed by atoms with Crippen LogP contribution >= 0.6 is 0 Å². The number of ether oxygens (including phenoxy) is 1. The Morgan fingerprint density at radius 3 is 2.61 bits per heavy atom. The third-order valence-electron chi connectivity index (χ3n) is 4.01. The summed E-state index contributed by atoms with van der Waals surface area (Å²) in [7, 11) is 1.90. The predicted molar refractivity (Wildman–Crippen MR) is 117 cm³/mol. The molecule has 1 aromatic carbocycles. The van der Waals surface area contributed by atoms with Gasteiger partial charge in [-0.15, -0.1) is 0 Å². The molecule has 2 aromatic rings. The Labute approximate surface area is 168 Å². The summed E-state index contributed by atoms with van der Waals surface area (Å²) in [5.74, 6) is 1.96. The van der Waals surface area contributed by atoms with E-state index in [4.69, 9.17) is 4.74 Å². The Morgan fingerprint density at radius 1 is 1.14 bits per heavy atom. The summed E-state index contributed by atoms with van der Waals surface area (Å²) in [6.45, 7) is 9.58. The van der Waals surface area contributed by atoms with Crippen molar-refractivity contribution >= 4 is 17.7 Å². The molecule has 0 fully saturated rings. The summed E-state index contributed by atoms with van der Waals surface area (Å²) < 4.78 is 5.79. The highest BCUT2D eigenvalue weighted by molar-refractivity contribution is 5.76. The van der Waals surface area contributed by atoms with E-state index in [0.717, 1.165) is 44.0 Å². The molecule has 152 valence electrons. The van der Waals surface area contributed by atoms with E-state index >= 15 is 0 Å². The van der Waals surface area contributed by atoms with Gasteiger partial charge >= 0.3 is 0 Å². The summed E-state index contributed by atoms with van der Waals surface area (Å²) >= 11 is 0. The van der Waals surface area contributed by atoms with E-state index in [2.05, 4.69) is 44.6 Å². The molecule has 1 heterocycles. The van der Waals surface area contributed by atoms with Crippen LogP contribution < -0.4 is 20.4 Å². The minimum Gasteiger partial charge on any atom is -0.476 e. The lowest BCUT2D eigenvalue weighted by Crippen LogP contribution is -2.26. The summed E-state index contributed by atoms with van der Waals surface area (Å²) in [5, 5.41) is 7.37.